The van der Waals surface area contributed by atoms with Gasteiger partial charge in [0.2, 0.25) is 0 Å². The van der Waals surface area contributed by atoms with Crippen molar-refractivity contribution in [3.8, 4) is 0 Å². The molecule has 0 radical (unpaired) electrons. The second-order valence-electron chi connectivity index (χ2n) is 6.52. The highest BCUT2D eigenvalue weighted by molar-refractivity contribution is 5.46. The molecular weight excluding hydrogens is 268 g/mol. The van der Waals surface area contributed by atoms with E-state index in [1.807, 2.05) is 0 Å². The molecular formula is C20H24N2. The molecule has 2 heteroatoms. The Hall–Kier alpha value is -1.80. The lowest BCUT2D eigenvalue weighted by Gasteiger charge is -2.42. The van der Waals surface area contributed by atoms with E-state index in [-0.39, 0.29) is 0 Å². The van der Waals surface area contributed by atoms with Crippen molar-refractivity contribution in [1.82, 2.24) is 4.90 Å². The number of hydrogen-bond donors (Lipinski definition) is 0. The van der Waals surface area contributed by atoms with Crippen molar-refractivity contribution in [2.45, 2.75) is 25.3 Å². The Bertz CT molecular complexity index is 615. The maximum Gasteiger partial charge on any atom is 0.0367 e. The lowest BCUT2D eigenvalue weighted by molar-refractivity contribution is 0.170. The third-order valence-electron chi connectivity index (χ3n) is 5.27. The lowest BCUT2D eigenvalue weighted by atomic mass is 9.87. The molecule has 2 aromatic carbocycles. The molecule has 0 amide bonds. The van der Waals surface area contributed by atoms with Crippen molar-refractivity contribution >= 4 is 5.69 Å². The highest BCUT2D eigenvalue weighted by atomic mass is 15.3. The molecule has 1 fully saturated rings. The minimum Gasteiger partial charge on any atom is -0.369 e. The maximum absolute atomic E-state index is 2.72. The van der Waals surface area contributed by atoms with Crippen molar-refractivity contribution in [3.05, 3.63) is 65.7 Å². The van der Waals surface area contributed by atoms with E-state index < -0.39 is 0 Å². The van der Waals surface area contributed by atoms with Crippen molar-refractivity contribution in [1.29, 1.82) is 0 Å². The molecule has 1 atom stereocenters. The van der Waals surface area contributed by atoms with E-state index in [9.17, 15) is 0 Å². The minimum atomic E-state index is 0.743. The van der Waals surface area contributed by atoms with E-state index in [4.69, 9.17) is 0 Å². The monoisotopic (exact) mass is 292 g/mol. The van der Waals surface area contributed by atoms with Crippen LogP contribution in [-0.4, -0.2) is 37.1 Å². The van der Waals surface area contributed by atoms with Crippen LogP contribution in [0.2, 0.25) is 0 Å². The van der Waals surface area contributed by atoms with Gasteiger partial charge < -0.3 is 4.90 Å². The third-order valence-corrected chi connectivity index (χ3v) is 5.27. The van der Waals surface area contributed by atoms with Gasteiger partial charge in [-0.15, -0.1) is 0 Å². The Morgan fingerprint density at radius 3 is 2.18 bits per heavy atom. The van der Waals surface area contributed by atoms with E-state index in [2.05, 4.69) is 64.4 Å². The highest BCUT2D eigenvalue weighted by Gasteiger charge is 2.27. The van der Waals surface area contributed by atoms with Gasteiger partial charge in [-0.3, -0.25) is 4.90 Å². The predicted molar refractivity (Wildman–Crippen MR) is 92.5 cm³/mol. The Kier molecular flexibility index (Phi) is 3.86. The number of hydrogen-bond acceptors (Lipinski definition) is 2. The molecule has 0 unspecified atom stereocenters. The summed E-state index contributed by atoms with van der Waals surface area (Å²) in [5.74, 6) is 0. The van der Waals surface area contributed by atoms with Crippen LogP contribution in [-0.2, 0) is 12.8 Å². The average molecular weight is 292 g/mol. The molecule has 1 aliphatic carbocycles. The van der Waals surface area contributed by atoms with Gasteiger partial charge in [0.05, 0.1) is 0 Å². The van der Waals surface area contributed by atoms with Gasteiger partial charge >= 0.3 is 0 Å². The summed E-state index contributed by atoms with van der Waals surface area (Å²) in [4.78, 5) is 5.24. The molecule has 0 bridgehead atoms. The normalized spacial score (nSPS) is 22.4. The zero-order valence-electron chi connectivity index (χ0n) is 13.1. The van der Waals surface area contributed by atoms with E-state index in [0.29, 0.717) is 0 Å². The zero-order valence-corrected chi connectivity index (χ0v) is 13.1. The Morgan fingerprint density at radius 2 is 1.41 bits per heavy atom. The van der Waals surface area contributed by atoms with Gasteiger partial charge in [0, 0.05) is 37.9 Å². The number of aryl methyl sites for hydroxylation is 1. The molecule has 1 aliphatic heterocycles. The van der Waals surface area contributed by atoms with Gasteiger partial charge in [0.1, 0.15) is 0 Å². The molecule has 4 rings (SSSR count). The van der Waals surface area contributed by atoms with Gasteiger partial charge in [0.15, 0.2) is 0 Å². The summed E-state index contributed by atoms with van der Waals surface area (Å²) in [5.41, 5.74) is 4.52. The maximum atomic E-state index is 2.72. The molecule has 2 aromatic rings. The second kappa shape index (κ2) is 6.13. The van der Waals surface area contributed by atoms with Crippen molar-refractivity contribution in [2.75, 3.05) is 31.1 Å². The van der Waals surface area contributed by atoms with Crippen LogP contribution < -0.4 is 4.90 Å². The number of para-hydroxylation sites is 1. The van der Waals surface area contributed by atoms with Crippen molar-refractivity contribution in [3.63, 3.8) is 0 Å². The molecule has 1 heterocycles. The Morgan fingerprint density at radius 1 is 0.727 bits per heavy atom. The number of rotatable bonds is 2. The van der Waals surface area contributed by atoms with Crippen LogP contribution in [0, 0.1) is 0 Å². The number of anilines is 1. The van der Waals surface area contributed by atoms with E-state index in [1.54, 1.807) is 11.1 Å². The van der Waals surface area contributed by atoms with E-state index in [0.717, 1.165) is 19.1 Å². The second-order valence-corrected chi connectivity index (χ2v) is 6.52. The van der Waals surface area contributed by atoms with Gasteiger partial charge in [-0.25, -0.2) is 0 Å². The first-order chi connectivity index (χ1) is 10.9. The molecule has 1 saturated heterocycles. The predicted octanol–water partition coefficient (Wildman–Crippen LogP) is 3.37. The average Bonchev–Trinajstić information content (AvgIpc) is 2.62. The van der Waals surface area contributed by atoms with Crippen molar-refractivity contribution < 1.29 is 0 Å². The fourth-order valence-electron chi connectivity index (χ4n) is 3.97. The fourth-order valence-corrected chi connectivity index (χ4v) is 3.97. The summed E-state index contributed by atoms with van der Waals surface area (Å²) in [5, 5.41) is 0. The standard InChI is InChI=1S/C20H24N2/c1-2-8-19(9-3-1)21-12-14-22(15-13-21)20-11-10-17-6-4-5-7-18(17)16-20/h1-9,20H,10-16H2/t20-/m0/s1. The summed E-state index contributed by atoms with van der Waals surface area (Å²) in [6.07, 6.45) is 3.81. The molecule has 0 spiro atoms. The van der Waals surface area contributed by atoms with E-state index >= 15 is 0 Å². The third kappa shape index (κ3) is 2.76. The smallest absolute Gasteiger partial charge is 0.0367 e. The largest absolute Gasteiger partial charge is 0.369 e. The van der Waals surface area contributed by atoms with Crippen LogP contribution in [0.15, 0.2) is 54.6 Å². The zero-order chi connectivity index (χ0) is 14.8. The van der Waals surface area contributed by atoms with E-state index in [1.165, 1.54) is 38.0 Å². The van der Waals surface area contributed by atoms with Crippen LogP contribution in [0.25, 0.3) is 0 Å². The first-order valence-corrected chi connectivity index (χ1v) is 8.51. The van der Waals surface area contributed by atoms with Crippen molar-refractivity contribution in [2.24, 2.45) is 0 Å². The molecule has 114 valence electrons. The first kappa shape index (κ1) is 13.8. The first-order valence-electron chi connectivity index (χ1n) is 8.51. The van der Waals surface area contributed by atoms with Crippen LogP contribution in [0.5, 0.6) is 0 Å². The van der Waals surface area contributed by atoms with Gasteiger partial charge in [0.25, 0.3) is 0 Å². The number of fused-ring (bicyclic) bond motifs is 1. The summed E-state index contributed by atoms with van der Waals surface area (Å²) in [7, 11) is 0. The Labute approximate surface area is 133 Å². The lowest BCUT2D eigenvalue weighted by Crippen LogP contribution is -2.51. The fraction of sp³-hybridized carbons (Fsp3) is 0.400. The SMILES string of the molecule is c1ccc(N2CCN([C@H]3CCc4ccccc4C3)CC2)cc1. The van der Waals surface area contributed by atoms with Crippen LogP contribution >= 0.6 is 0 Å². The van der Waals surface area contributed by atoms with Crippen LogP contribution in [0.3, 0.4) is 0 Å². The molecule has 0 N–H and O–H groups in total. The molecule has 0 aromatic heterocycles. The van der Waals surface area contributed by atoms with Crippen LogP contribution in [0.1, 0.15) is 17.5 Å². The quantitative estimate of drug-likeness (QED) is 0.837. The van der Waals surface area contributed by atoms with Gasteiger partial charge in [-0.05, 0) is 42.5 Å². The summed E-state index contributed by atoms with van der Waals surface area (Å²) >= 11 is 0. The molecule has 2 aliphatic rings. The topological polar surface area (TPSA) is 6.48 Å². The summed E-state index contributed by atoms with van der Waals surface area (Å²) in [6, 6.07) is 20.6. The minimum absolute atomic E-state index is 0.743. The highest BCUT2D eigenvalue weighted by Crippen LogP contribution is 2.26. The Balaban J connectivity index is 1.38. The van der Waals surface area contributed by atoms with Crippen LogP contribution in [0.4, 0.5) is 5.69 Å². The molecule has 2 nitrogen and oxygen atoms in total. The number of nitrogens with zero attached hydrogens (tertiary/aromatic N) is 2. The molecule has 22 heavy (non-hydrogen) atoms. The van der Waals surface area contributed by atoms with Gasteiger partial charge in [-0.2, -0.15) is 0 Å². The number of piperazine rings is 1. The number of benzene rings is 2. The molecule has 0 saturated carbocycles. The van der Waals surface area contributed by atoms with Gasteiger partial charge in [-0.1, -0.05) is 42.5 Å². The summed E-state index contributed by atoms with van der Waals surface area (Å²) < 4.78 is 0. The summed E-state index contributed by atoms with van der Waals surface area (Å²) in [6.45, 7) is 4.70.